The molecule has 4 rings (SSSR count). The zero-order valence-corrected chi connectivity index (χ0v) is 19.1. The fourth-order valence-corrected chi connectivity index (χ4v) is 4.20. The lowest BCUT2D eigenvalue weighted by Crippen LogP contribution is -2.17. The van der Waals surface area contributed by atoms with Gasteiger partial charge in [-0.1, -0.05) is 29.8 Å². The van der Waals surface area contributed by atoms with Gasteiger partial charge in [0.1, 0.15) is 5.65 Å². The molecule has 0 fully saturated rings. The van der Waals surface area contributed by atoms with E-state index < -0.39 is 0 Å². The largest absolute Gasteiger partial charge is 0.325 e. The third-order valence-electron chi connectivity index (χ3n) is 5.93. The van der Waals surface area contributed by atoms with E-state index in [0.29, 0.717) is 0 Å². The van der Waals surface area contributed by atoms with Crippen LogP contribution in [-0.4, -0.2) is 15.3 Å². The summed E-state index contributed by atoms with van der Waals surface area (Å²) in [7, 11) is 0. The summed E-state index contributed by atoms with van der Waals surface area (Å²) in [4.78, 5) is 18.0. The number of amides is 1. The Morgan fingerprint density at radius 1 is 0.839 bits per heavy atom. The molecule has 4 heteroatoms. The molecule has 0 unspecified atom stereocenters. The topological polar surface area (TPSA) is 46.4 Å². The number of carbonyl (C=O) groups is 1. The van der Waals surface area contributed by atoms with Gasteiger partial charge < -0.3 is 9.72 Å². The molecule has 158 valence electrons. The van der Waals surface area contributed by atoms with Crippen molar-refractivity contribution in [2.45, 2.75) is 48.0 Å². The number of imidazole rings is 1. The number of fused-ring (bicyclic) bond motifs is 1. The number of aromatic nitrogens is 2. The van der Waals surface area contributed by atoms with E-state index in [1.807, 2.05) is 24.4 Å². The van der Waals surface area contributed by atoms with Crippen molar-refractivity contribution in [2.24, 2.45) is 0 Å². The van der Waals surface area contributed by atoms with Crippen LogP contribution in [0.15, 0.2) is 48.7 Å². The highest BCUT2D eigenvalue weighted by molar-refractivity contribution is 5.94. The van der Waals surface area contributed by atoms with E-state index in [0.717, 1.165) is 45.0 Å². The Labute approximate surface area is 184 Å². The first kappa shape index (κ1) is 20.9. The first-order chi connectivity index (χ1) is 14.7. The number of carbonyl (C=O) groups excluding carboxylic acids is 1. The second kappa shape index (κ2) is 8.03. The molecule has 0 atom stereocenters. The molecular formula is C27H29N3O. The van der Waals surface area contributed by atoms with Crippen molar-refractivity contribution in [3.8, 4) is 11.3 Å². The normalized spacial score (nSPS) is 11.2. The fourth-order valence-electron chi connectivity index (χ4n) is 4.20. The number of pyridine rings is 1. The first-order valence-electron chi connectivity index (χ1n) is 10.7. The minimum absolute atomic E-state index is 0.0393. The number of anilines is 1. The van der Waals surface area contributed by atoms with Crippen molar-refractivity contribution < 1.29 is 4.79 Å². The van der Waals surface area contributed by atoms with Gasteiger partial charge in [-0.2, -0.15) is 0 Å². The van der Waals surface area contributed by atoms with Gasteiger partial charge in [0, 0.05) is 17.4 Å². The van der Waals surface area contributed by atoms with Gasteiger partial charge in [-0.15, -0.1) is 0 Å². The lowest BCUT2D eigenvalue weighted by Gasteiger charge is -2.13. The van der Waals surface area contributed by atoms with Crippen molar-refractivity contribution >= 4 is 17.2 Å². The van der Waals surface area contributed by atoms with Gasteiger partial charge >= 0.3 is 0 Å². The average molecular weight is 412 g/mol. The summed E-state index contributed by atoms with van der Waals surface area (Å²) in [6.45, 7) is 12.4. The van der Waals surface area contributed by atoms with Crippen molar-refractivity contribution in [3.05, 3.63) is 87.7 Å². The molecule has 4 nitrogen and oxygen atoms in total. The second-order valence-corrected chi connectivity index (χ2v) is 8.64. The Bertz CT molecular complexity index is 1290. The molecule has 2 aromatic heterocycles. The molecule has 0 saturated carbocycles. The van der Waals surface area contributed by atoms with Crippen LogP contribution < -0.4 is 5.32 Å². The molecule has 0 bridgehead atoms. The van der Waals surface area contributed by atoms with E-state index in [4.69, 9.17) is 4.98 Å². The van der Waals surface area contributed by atoms with Crippen molar-refractivity contribution in [1.29, 1.82) is 0 Å². The highest BCUT2D eigenvalue weighted by atomic mass is 16.1. The van der Waals surface area contributed by atoms with Crippen molar-refractivity contribution in [1.82, 2.24) is 9.38 Å². The summed E-state index contributed by atoms with van der Waals surface area (Å²) in [5, 5.41) is 3.14. The molecule has 2 heterocycles. The Kier molecular flexibility index (Phi) is 5.40. The standard InChI is InChI=1S/C27H29N3O/c1-16-9-10-30-23(15-25(31)29-26-20(5)11-17(2)12-21(26)6)27(28-24(30)13-16)22-8-7-18(3)19(4)14-22/h7-14H,15H2,1-6H3,(H,29,31). The Balaban J connectivity index is 1.75. The highest BCUT2D eigenvalue weighted by Gasteiger charge is 2.18. The summed E-state index contributed by atoms with van der Waals surface area (Å²) in [6, 6.07) is 14.7. The molecule has 0 spiro atoms. The number of hydrogen-bond donors (Lipinski definition) is 1. The average Bonchev–Trinajstić information content (AvgIpc) is 3.04. The maximum Gasteiger partial charge on any atom is 0.230 e. The summed E-state index contributed by atoms with van der Waals surface area (Å²) < 4.78 is 2.03. The van der Waals surface area contributed by atoms with Crippen LogP contribution in [0, 0.1) is 41.5 Å². The van der Waals surface area contributed by atoms with Crippen LogP contribution in [0.4, 0.5) is 5.69 Å². The van der Waals surface area contributed by atoms with Gasteiger partial charge in [-0.3, -0.25) is 4.79 Å². The quantitative estimate of drug-likeness (QED) is 0.445. The molecule has 31 heavy (non-hydrogen) atoms. The van der Waals surface area contributed by atoms with E-state index in [2.05, 4.69) is 75.5 Å². The van der Waals surface area contributed by atoms with E-state index in [9.17, 15) is 4.79 Å². The van der Waals surface area contributed by atoms with E-state index in [-0.39, 0.29) is 12.3 Å². The monoisotopic (exact) mass is 411 g/mol. The van der Waals surface area contributed by atoms with Gasteiger partial charge in [-0.25, -0.2) is 4.98 Å². The zero-order valence-electron chi connectivity index (χ0n) is 19.1. The van der Waals surface area contributed by atoms with Gasteiger partial charge in [0.2, 0.25) is 5.91 Å². The summed E-state index contributed by atoms with van der Waals surface area (Å²) in [6.07, 6.45) is 2.26. The second-order valence-electron chi connectivity index (χ2n) is 8.64. The zero-order chi connectivity index (χ0) is 22.3. The van der Waals surface area contributed by atoms with E-state index in [1.165, 1.54) is 16.7 Å². The maximum absolute atomic E-state index is 13.1. The number of nitrogens with one attached hydrogen (secondary N) is 1. The molecule has 0 aliphatic carbocycles. The van der Waals surface area contributed by atoms with E-state index >= 15 is 0 Å². The molecule has 4 aromatic rings. The Hall–Kier alpha value is -3.40. The number of hydrogen-bond acceptors (Lipinski definition) is 2. The van der Waals surface area contributed by atoms with E-state index in [1.54, 1.807) is 0 Å². The Morgan fingerprint density at radius 3 is 2.23 bits per heavy atom. The minimum Gasteiger partial charge on any atom is -0.325 e. The fraction of sp³-hybridized carbons (Fsp3) is 0.259. The Morgan fingerprint density at radius 2 is 1.55 bits per heavy atom. The van der Waals surface area contributed by atoms with Crippen LogP contribution in [0.1, 0.15) is 39.1 Å². The third kappa shape index (κ3) is 4.11. The first-order valence-corrected chi connectivity index (χ1v) is 10.7. The third-order valence-corrected chi connectivity index (χ3v) is 5.93. The van der Waals surface area contributed by atoms with Crippen LogP contribution in [0.25, 0.3) is 16.9 Å². The summed E-state index contributed by atoms with van der Waals surface area (Å²) >= 11 is 0. The van der Waals surface area contributed by atoms with Crippen LogP contribution in [0.2, 0.25) is 0 Å². The lowest BCUT2D eigenvalue weighted by atomic mass is 10.0. The smallest absolute Gasteiger partial charge is 0.230 e. The molecule has 0 aliphatic rings. The van der Waals surface area contributed by atoms with Gasteiger partial charge in [-0.05, 0) is 87.6 Å². The highest BCUT2D eigenvalue weighted by Crippen LogP contribution is 2.28. The summed E-state index contributed by atoms with van der Waals surface area (Å²) in [5.41, 5.74) is 11.5. The van der Waals surface area contributed by atoms with Crippen LogP contribution in [0.5, 0.6) is 0 Å². The molecule has 0 radical (unpaired) electrons. The molecular weight excluding hydrogens is 382 g/mol. The van der Waals surface area contributed by atoms with Crippen LogP contribution in [-0.2, 0) is 11.2 Å². The predicted octanol–water partition coefficient (Wildman–Crippen LogP) is 6.03. The van der Waals surface area contributed by atoms with Crippen molar-refractivity contribution in [2.75, 3.05) is 5.32 Å². The maximum atomic E-state index is 13.1. The molecule has 2 aromatic carbocycles. The molecule has 0 aliphatic heterocycles. The number of aryl methyl sites for hydroxylation is 6. The van der Waals surface area contributed by atoms with Gasteiger partial charge in [0.05, 0.1) is 17.8 Å². The number of rotatable bonds is 4. The van der Waals surface area contributed by atoms with Crippen LogP contribution >= 0.6 is 0 Å². The predicted molar refractivity (Wildman–Crippen MR) is 128 cm³/mol. The molecule has 0 saturated heterocycles. The number of nitrogens with zero attached hydrogens (tertiary/aromatic N) is 2. The van der Waals surface area contributed by atoms with Crippen LogP contribution in [0.3, 0.4) is 0 Å². The summed E-state index contributed by atoms with van der Waals surface area (Å²) in [5.74, 6) is -0.0393. The lowest BCUT2D eigenvalue weighted by molar-refractivity contribution is -0.115. The molecule has 1 N–H and O–H groups in total. The van der Waals surface area contributed by atoms with Gasteiger partial charge in [0.15, 0.2) is 0 Å². The van der Waals surface area contributed by atoms with Gasteiger partial charge in [0.25, 0.3) is 0 Å². The minimum atomic E-state index is -0.0393. The molecule has 1 amide bonds. The number of benzene rings is 2. The SMILES string of the molecule is Cc1cc(C)c(NC(=O)Cc2c(-c3ccc(C)c(C)c3)nc3cc(C)ccn23)c(C)c1. The van der Waals surface area contributed by atoms with Crippen molar-refractivity contribution in [3.63, 3.8) is 0 Å².